The minimum absolute atomic E-state index is 0.268. The third kappa shape index (κ3) is 2.46. The van der Waals surface area contributed by atoms with Crippen LogP contribution in [0.2, 0.25) is 0 Å². The molecular formula is C14H16BrNS. The fraction of sp³-hybridized carbons (Fsp3) is 0.286. The first-order valence-corrected chi connectivity index (χ1v) is 7.28. The first-order chi connectivity index (χ1) is 8.15. The zero-order chi connectivity index (χ0) is 12.4. The lowest BCUT2D eigenvalue weighted by atomic mass is 10.0. The maximum absolute atomic E-state index is 3.70. The highest BCUT2D eigenvalue weighted by atomic mass is 79.9. The molecule has 0 bridgehead atoms. The summed E-state index contributed by atoms with van der Waals surface area (Å²) in [6, 6.07) is 8.86. The highest BCUT2D eigenvalue weighted by molar-refractivity contribution is 9.10. The van der Waals surface area contributed by atoms with Crippen molar-refractivity contribution >= 4 is 27.3 Å². The van der Waals surface area contributed by atoms with Gasteiger partial charge in [0.2, 0.25) is 0 Å². The van der Waals surface area contributed by atoms with E-state index in [1.165, 1.54) is 26.0 Å². The Kier molecular flexibility index (Phi) is 4.02. The molecule has 0 amide bonds. The first kappa shape index (κ1) is 12.8. The molecule has 1 heterocycles. The van der Waals surface area contributed by atoms with E-state index in [4.69, 9.17) is 0 Å². The van der Waals surface area contributed by atoms with Gasteiger partial charge in [-0.3, -0.25) is 0 Å². The number of hydrogen-bond donors (Lipinski definition) is 1. The lowest BCUT2D eigenvalue weighted by Gasteiger charge is -2.19. The summed E-state index contributed by atoms with van der Waals surface area (Å²) in [6.45, 7) is 4.29. The summed E-state index contributed by atoms with van der Waals surface area (Å²) in [4.78, 5) is 1.39. The van der Waals surface area contributed by atoms with Gasteiger partial charge in [-0.1, -0.05) is 34.1 Å². The van der Waals surface area contributed by atoms with E-state index >= 15 is 0 Å². The van der Waals surface area contributed by atoms with Crippen molar-refractivity contribution in [2.75, 3.05) is 7.05 Å². The van der Waals surface area contributed by atoms with Crippen molar-refractivity contribution in [3.05, 3.63) is 55.7 Å². The Labute approximate surface area is 115 Å². The van der Waals surface area contributed by atoms with Gasteiger partial charge in [0, 0.05) is 9.35 Å². The molecule has 1 unspecified atom stereocenters. The second kappa shape index (κ2) is 5.34. The molecule has 0 saturated carbocycles. The third-order valence-electron chi connectivity index (χ3n) is 2.99. The van der Waals surface area contributed by atoms with Gasteiger partial charge >= 0.3 is 0 Å². The van der Waals surface area contributed by atoms with Crippen LogP contribution >= 0.6 is 27.3 Å². The van der Waals surface area contributed by atoms with Crippen LogP contribution in [0.1, 0.15) is 27.6 Å². The number of thiophene rings is 1. The van der Waals surface area contributed by atoms with Gasteiger partial charge in [-0.25, -0.2) is 0 Å². The van der Waals surface area contributed by atoms with Crippen molar-refractivity contribution in [3.63, 3.8) is 0 Å². The van der Waals surface area contributed by atoms with Crippen LogP contribution in [-0.4, -0.2) is 7.05 Å². The Balaban J connectivity index is 2.50. The van der Waals surface area contributed by atoms with E-state index in [0.717, 1.165) is 0 Å². The van der Waals surface area contributed by atoms with Crippen LogP contribution < -0.4 is 5.32 Å². The predicted molar refractivity (Wildman–Crippen MR) is 78.8 cm³/mol. The van der Waals surface area contributed by atoms with Gasteiger partial charge in [-0.15, -0.1) is 11.3 Å². The Hall–Kier alpha value is -0.640. The van der Waals surface area contributed by atoms with Crippen LogP contribution in [0.15, 0.2) is 34.1 Å². The molecule has 1 N–H and O–H groups in total. The van der Waals surface area contributed by atoms with Crippen LogP contribution in [0.25, 0.3) is 0 Å². The normalized spacial score (nSPS) is 12.7. The lowest BCUT2D eigenvalue weighted by Crippen LogP contribution is -2.18. The average Bonchev–Trinajstić information content (AvgIpc) is 2.72. The van der Waals surface area contributed by atoms with Crippen molar-refractivity contribution in [3.8, 4) is 0 Å². The van der Waals surface area contributed by atoms with Gasteiger partial charge in [0.05, 0.1) is 6.04 Å². The van der Waals surface area contributed by atoms with Crippen LogP contribution in [0.3, 0.4) is 0 Å². The van der Waals surface area contributed by atoms with E-state index in [0.29, 0.717) is 0 Å². The summed E-state index contributed by atoms with van der Waals surface area (Å²) < 4.78 is 1.20. The maximum atomic E-state index is 3.70. The number of halogens is 1. The molecule has 17 heavy (non-hydrogen) atoms. The van der Waals surface area contributed by atoms with Gasteiger partial charge in [0.15, 0.2) is 0 Å². The smallest absolute Gasteiger partial charge is 0.0682 e. The molecule has 1 nitrogen and oxygen atoms in total. The maximum Gasteiger partial charge on any atom is 0.0682 e. The molecule has 0 aliphatic rings. The molecule has 1 aromatic heterocycles. The number of benzene rings is 1. The molecular weight excluding hydrogens is 294 g/mol. The monoisotopic (exact) mass is 309 g/mol. The number of nitrogens with one attached hydrogen (secondary N) is 1. The molecule has 0 aliphatic carbocycles. The zero-order valence-electron chi connectivity index (χ0n) is 10.3. The minimum Gasteiger partial charge on any atom is -0.309 e. The molecule has 0 spiro atoms. The van der Waals surface area contributed by atoms with Crippen molar-refractivity contribution in [2.45, 2.75) is 19.9 Å². The summed E-state index contributed by atoms with van der Waals surface area (Å²) in [5.74, 6) is 0. The topological polar surface area (TPSA) is 12.0 Å². The summed E-state index contributed by atoms with van der Waals surface area (Å²) in [5.41, 5.74) is 3.93. The van der Waals surface area contributed by atoms with Gasteiger partial charge < -0.3 is 5.32 Å². The van der Waals surface area contributed by atoms with Crippen LogP contribution in [0, 0.1) is 13.8 Å². The van der Waals surface area contributed by atoms with Crippen LogP contribution in [0.5, 0.6) is 0 Å². The zero-order valence-corrected chi connectivity index (χ0v) is 12.7. The highest BCUT2D eigenvalue weighted by Crippen LogP contribution is 2.34. The van der Waals surface area contributed by atoms with E-state index in [-0.39, 0.29) is 6.04 Å². The molecule has 0 aliphatic heterocycles. The second-order valence-corrected chi connectivity index (χ2v) is 5.91. The van der Waals surface area contributed by atoms with Gasteiger partial charge in [0.1, 0.15) is 0 Å². The van der Waals surface area contributed by atoms with E-state index in [1.807, 2.05) is 18.4 Å². The number of hydrogen-bond acceptors (Lipinski definition) is 2. The number of rotatable bonds is 3. The van der Waals surface area contributed by atoms with Gasteiger partial charge in [-0.2, -0.15) is 0 Å². The Morgan fingerprint density at radius 1 is 1.18 bits per heavy atom. The second-order valence-electron chi connectivity index (χ2n) is 4.17. The molecule has 0 saturated heterocycles. The summed E-state index contributed by atoms with van der Waals surface area (Å²) in [6.07, 6.45) is 0. The third-order valence-corrected chi connectivity index (χ3v) is 5.15. The fourth-order valence-corrected chi connectivity index (χ4v) is 3.55. The Morgan fingerprint density at radius 2 is 1.94 bits per heavy atom. The fourth-order valence-electron chi connectivity index (χ4n) is 2.00. The SMILES string of the molecule is CNC(c1cccc(C)c1Br)c1sccc1C. The van der Waals surface area contributed by atoms with Crippen molar-refractivity contribution in [2.24, 2.45) is 0 Å². The van der Waals surface area contributed by atoms with Crippen molar-refractivity contribution in [1.82, 2.24) is 5.32 Å². The molecule has 0 radical (unpaired) electrons. The molecule has 90 valence electrons. The van der Waals surface area contributed by atoms with E-state index in [2.05, 4.69) is 64.7 Å². The quantitative estimate of drug-likeness (QED) is 0.884. The molecule has 1 aromatic carbocycles. The summed E-state index contributed by atoms with van der Waals surface area (Å²) >= 11 is 5.50. The minimum atomic E-state index is 0.268. The Bertz CT molecular complexity index is 519. The number of aryl methyl sites for hydroxylation is 2. The van der Waals surface area contributed by atoms with E-state index < -0.39 is 0 Å². The van der Waals surface area contributed by atoms with E-state index in [9.17, 15) is 0 Å². The van der Waals surface area contributed by atoms with Crippen LogP contribution in [-0.2, 0) is 0 Å². The average molecular weight is 310 g/mol. The first-order valence-electron chi connectivity index (χ1n) is 5.61. The highest BCUT2D eigenvalue weighted by Gasteiger charge is 2.18. The molecule has 1 atom stereocenters. The Morgan fingerprint density at radius 3 is 2.53 bits per heavy atom. The van der Waals surface area contributed by atoms with E-state index in [1.54, 1.807) is 0 Å². The molecule has 3 heteroatoms. The summed E-state index contributed by atoms with van der Waals surface area (Å²) in [7, 11) is 2.01. The standard InChI is InChI=1S/C14H16BrNS/c1-9-5-4-6-11(12(9)15)13(16-3)14-10(2)7-8-17-14/h4-8,13,16H,1-3H3. The predicted octanol–water partition coefficient (Wildman–Crippen LogP) is 4.44. The van der Waals surface area contributed by atoms with Crippen molar-refractivity contribution in [1.29, 1.82) is 0 Å². The largest absolute Gasteiger partial charge is 0.309 e. The van der Waals surface area contributed by atoms with Gasteiger partial charge in [0.25, 0.3) is 0 Å². The molecule has 2 aromatic rings. The summed E-state index contributed by atoms with van der Waals surface area (Å²) in [5, 5.41) is 5.56. The van der Waals surface area contributed by atoms with Crippen LogP contribution in [0.4, 0.5) is 0 Å². The lowest BCUT2D eigenvalue weighted by molar-refractivity contribution is 0.696. The van der Waals surface area contributed by atoms with Gasteiger partial charge in [-0.05, 0) is 49.0 Å². The molecule has 2 rings (SSSR count). The van der Waals surface area contributed by atoms with Crippen molar-refractivity contribution < 1.29 is 0 Å². The molecule has 0 fully saturated rings.